The summed E-state index contributed by atoms with van der Waals surface area (Å²) >= 11 is 12.0. The molecule has 0 aliphatic carbocycles. The topological polar surface area (TPSA) is 84.0 Å². The van der Waals surface area contributed by atoms with Crippen LogP contribution in [0.4, 0.5) is 0 Å². The first-order chi connectivity index (χ1) is 13.6. The molecule has 0 N–H and O–H groups in total. The predicted molar refractivity (Wildman–Crippen MR) is 111 cm³/mol. The van der Waals surface area contributed by atoms with E-state index in [1.54, 1.807) is 6.92 Å². The molecule has 1 aromatic rings. The number of halogens is 2. The number of esters is 1. The Bertz CT molecular complexity index is 852. The van der Waals surface area contributed by atoms with Crippen molar-refractivity contribution in [2.75, 3.05) is 26.2 Å². The number of nitrogens with zero attached hydrogens (tertiary/aromatic N) is 2. The molecule has 162 valence electrons. The van der Waals surface area contributed by atoms with Gasteiger partial charge in [0.2, 0.25) is 15.9 Å². The lowest BCUT2D eigenvalue weighted by molar-refractivity contribution is -0.152. The van der Waals surface area contributed by atoms with Crippen molar-refractivity contribution < 1.29 is 22.7 Å². The van der Waals surface area contributed by atoms with E-state index in [4.69, 9.17) is 27.9 Å². The van der Waals surface area contributed by atoms with Crippen molar-refractivity contribution >= 4 is 45.1 Å². The Balaban J connectivity index is 2.08. The average molecular weight is 465 g/mol. The fourth-order valence-corrected chi connectivity index (χ4v) is 5.46. The summed E-state index contributed by atoms with van der Waals surface area (Å²) in [6.07, 6.45) is 0.727. The molecule has 10 heteroatoms. The first-order valence-corrected chi connectivity index (χ1v) is 11.7. The average Bonchev–Trinajstić information content (AvgIpc) is 2.67. The Morgan fingerprint density at radius 1 is 1.24 bits per heavy atom. The Morgan fingerprint density at radius 2 is 1.86 bits per heavy atom. The van der Waals surface area contributed by atoms with Crippen LogP contribution in [0.1, 0.15) is 33.6 Å². The van der Waals surface area contributed by atoms with Gasteiger partial charge in [0.15, 0.2) is 0 Å². The number of carbonyl (C=O) groups excluding carboxylic acids is 2. The summed E-state index contributed by atoms with van der Waals surface area (Å²) in [5.41, 5.74) is 0. The number of piperidine rings is 1. The molecule has 0 radical (unpaired) electrons. The van der Waals surface area contributed by atoms with Gasteiger partial charge in [-0.25, -0.2) is 8.42 Å². The van der Waals surface area contributed by atoms with E-state index in [-0.39, 0.29) is 59.0 Å². The highest BCUT2D eigenvalue weighted by molar-refractivity contribution is 7.89. The van der Waals surface area contributed by atoms with Gasteiger partial charge in [-0.2, -0.15) is 4.31 Å². The predicted octanol–water partition coefficient (Wildman–Crippen LogP) is 3.19. The molecule has 0 atom stereocenters. The van der Waals surface area contributed by atoms with Gasteiger partial charge < -0.3 is 9.64 Å². The molecule has 1 aliphatic rings. The first-order valence-electron chi connectivity index (χ1n) is 9.49. The lowest BCUT2D eigenvalue weighted by Gasteiger charge is -2.35. The third-order valence-electron chi connectivity index (χ3n) is 4.83. The van der Waals surface area contributed by atoms with Crippen LogP contribution in [-0.2, 0) is 24.3 Å². The SMILES string of the molecule is CCOC(=O)CN(C(=O)C1CCN(S(=O)(=O)c2cc(Cl)ccc2Cl)CC1)C(C)C. The molecule has 7 nitrogen and oxygen atoms in total. The molecule has 1 aliphatic heterocycles. The Kier molecular flexibility index (Phi) is 8.34. The van der Waals surface area contributed by atoms with Crippen LogP contribution < -0.4 is 0 Å². The van der Waals surface area contributed by atoms with Crippen molar-refractivity contribution in [1.29, 1.82) is 0 Å². The summed E-state index contributed by atoms with van der Waals surface area (Å²) in [5.74, 6) is -0.968. The standard InChI is InChI=1S/C19H26Cl2N2O5S/c1-4-28-18(24)12-23(13(2)3)19(25)14-7-9-22(10-8-14)29(26,27)17-11-15(20)5-6-16(17)21/h5-6,11,13-14H,4,7-10,12H2,1-3H3. The minimum absolute atomic E-state index is 0.0393. The van der Waals surface area contributed by atoms with E-state index in [0.717, 1.165) is 0 Å². The van der Waals surface area contributed by atoms with Gasteiger partial charge in [-0.3, -0.25) is 9.59 Å². The van der Waals surface area contributed by atoms with Gasteiger partial charge in [0, 0.05) is 30.1 Å². The number of rotatable bonds is 7. The number of hydrogen-bond acceptors (Lipinski definition) is 5. The number of sulfonamides is 1. The first kappa shape index (κ1) is 23.9. The van der Waals surface area contributed by atoms with Crippen LogP contribution in [-0.4, -0.2) is 61.8 Å². The van der Waals surface area contributed by atoms with Crippen LogP contribution >= 0.6 is 23.2 Å². The van der Waals surface area contributed by atoms with Crippen molar-refractivity contribution in [3.05, 3.63) is 28.2 Å². The fraction of sp³-hybridized carbons (Fsp3) is 0.579. The summed E-state index contributed by atoms with van der Waals surface area (Å²) in [5, 5.41) is 0.387. The molecule has 0 aromatic heterocycles. The zero-order chi connectivity index (χ0) is 21.8. The lowest BCUT2D eigenvalue weighted by atomic mass is 9.96. The molecule has 0 spiro atoms. The zero-order valence-corrected chi connectivity index (χ0v) is 19.1. The molecular weight excluding hydrogens is 439 g/mol. The van der Waals surface area contributed by atoms with E-state index in [2.05, 4.69) is 0 Å². The van der Waals surface area contributed by atoms with Crippen molar-refractivity contribution in [1.82, 2.24) is 9.21 Å². The molecule has 0 saturated carbocycles. The maximum atomic E-state index is 12.9. The summed E-state index contributed by atoms with van der Waals surface area (Å²) in [6.45, 7) is 5.89. The van der Waals surface area contributed by atoms with Gasteiger partial charge in [-0.05, 0) is 51.8 Å². The van der Waals surface area contributed by atoms with Crippen LogP contribution in [0.15, 0.2) is 23.1 Å². The highest BCUT2D eigenvalue weighted by Crippen LogP contribution is 2.31. The molecule has 1 fully saturated rings. The van der Waals surface area contributed by atoms with Gasteiger partial charge in [-0.15, -0.1) is 0 Å². The number of benzene rings is 1. The molecule has 29 heavy (non-hydrogen) atoms. The molecule has 1 amide bonds. The molecule has 1 saturated heterocycles. The maximum Gasteiger partial charge on any atom is 0.325 e. The van der Waals surface area contributed by atoms with Gasteiger partial charge in [0.25, 0.3) is 0 Å². The number of ether oxygens (including phenoxy) is 1. The summed E-state index contributed by atoms with van der Waals surface area (Å²) in [7, 11) is -3.81. The van der Waals surface area contributed by atoms with E-state index in [1.807, 2.05) is 13.8 Å². The number of amides is 1. The highest BCUT2D eigenvalue weighted by Gasteiger charge is 2.35. The molecule has 0 unspecified atom stereocenters. The van der Waals surface area contributed by atoms with Crippen molar-refractivity contribution in [3.63, 3.8) is 0 Å². The van der Waals surface area contributed by atoms with E-state index >= 15 is 0 Å². The van der Waals surface area contributed by atoms with Crippen molar-refractivity contribution in [2.24, 2.45) is 5.92 Å². The van der Waals surface area contributed by atoms with Crippen LogP contribution in [0, 0.1) is 5.92 Å². The third-order valence-corrected chi connectivity index (χ3v) is 7.44. The van der Waals surface area contributed by atoms with E-state index in [1.165, 1.54) is 27.4 Å². The second kappa shape index (κ2) is 10.1. The second-order valence-electron chi connectivity index (χ2n) is 7.12. The Hall–Kier alpha value is -1.35. The van der Waals surface area contributed by atoms with E-state index in [0.29, 0.717) is 12.8 Å². The molecule has 1 heterocycles. The van der Waals surface area contributed by atoms with Gasteiger partial charge in [0.1, 0.15) is 11.4 Å². The van der Waals surface area contributed by atoms with Gasteiger partial charge in [-0.1, -0.05) is 23.2 Å². The smallest absolute Gasteiger partial charge is 0.325 e. The van der Waals surface area contributed by atoms with Crippen LogP contribution in [0.3, 0.4) is 0 Å². The highest BCUT2D eigenvalue weighted by atomic mass is 35.5. The van der Waals surface area contributed by atoms with Crippen LogP contribution in [0.2, 0.25) is 10.0 Å². The largest absolute Gasteiger partial charge is 0.465 e. The Morgan fingerprint density at radius 3 is 2.41 bits per heavy atom. The van der Waals surface area contributed by atoms with Gasteiger partial charge in [0.05, 0.1) is 11.6 Å². The van der Waals surface area contributed by atoms with Gasteiger partial charge >= 0.3 is 5.97 Å². The van der Waals surface area contributed by atoms with Crippen LogP contribution in [0.25, 0.3) is 0 Å². The third kappa shape index (κ3) is 5.84. The van der Waals surface area contributed by atoms with Crippen molar-refractivity contribution in [3.8, 4) is 0 Å². The summed E-state index contributed by atoms with van der Waals surface area (Å²) in [6, 6.07) is 4.14. The minimum Gasteiger partial charge on any atom is -0.465 e. The fourth-order valence-electron chi connectivity index (χ4n) is 3.25. The van der Waals surface area contributed by atoms with Crippen LogP contribution in [0.5, 0.6) is 0 Å². The number of carbonyl (C=O) groups is 2. The zero-order valence-electron chi connectivity index (χ0n) is 16.7. The van der Waals surface area contributed by atoms with E-state index in [9.17, 15) is 18.0 Å². The molecular formula is C19H26Cl2N2O5S. The quantitative estimate of drug-likeness (QED) is 0.578. The lowest BCUT2D eigenvalue weighted by Crippen LogP contribution is -2.48. The summed E-state index contributed by atoms with van der Waals surface area (Å²) in [4.78, 5) is 26.2. The normalized spacial score (nSPS) is 16.1. The number of hydrogen-bond donors (Lipinski definition) is 0. The Labute approximate surface area is 181 Å². The van der Waals surface area contributed by atoms with Crippen molar-refractivity contribution in [2.45, 2.75) is 44.6 Å². The minimum atomic E-state index is -3.81. The molecule has 1 aromatic carbocycles. The summed E-state index contributed by atoms with van der Waals surface area (Å²) < 4.78 is 32.1. The molecule has 0 bridgehead atoms. The molecule has 2 rings (SSSR count). The second-order valence-corrected chi connectivity index (χ2v) is 9.87. The van der Waals surface area contributed by atoms with E-state index < -0.39 is 16.0 Å². The maximum absolute atomic E-state index is 12.9. The monoisotopic (exact) mass is 464 g/mol.